The summed E-state index contributed by atoms with van der Waals surface area (Å²) in [5, 5.41) is 0. The van der Waals surface area contributed by atoms with Gasteiger partial charge in [0.1, 0.15) is 12.1 Å². The fraction of sp³-hybridized carbons (Fsp3) is 0.667. The Morgan fingerprint density at radius 1 is 1.69 bits per heavy atom. The predicted molar refractivity (Wildman–Crippen MR) is 54.9 cm³/mol. The summed E-state index contributed by atoms with van der Waals surface area (Å²) in [6.45, 7) is 2.06. The van der Waals surface area contributed by atoms with Crippen LogP contribution in [-0.2, 0) is 10.6 Å². The van der Waals surface area contributed by atoms with E-state index in [1.165, 1.54) is 0 Å². The molecule has 0 aliphatic heterocycles. The van der Waals surface area contributed by atoms with E-state index < -0.39 is 0 Å². The van der Waals surface area contributed by atoms with Crippen LogP contribution in [0.1, 0.15) is 32.8 Å². The molecule has 1 rings (SSSR count). The van der Waals surface area contributed by atoms with Gasteiger partial charge in [-0.05, 0) is 6.42 Å². The fourth-order valence-electron chi connectivity index (χ4n) is 1.19. The molecule has 76 valence electrons. The molecule has 1 aromatic heterocycles. The molecule has 0 aromatic carbocycles. The summed E-state index contributed by atoms with van der Waals surface area (Å²) in [5.74, 6) is 1.28. The molecule has 1 unspecified atom stereocenters. The Hall–Kier alpha value is -0.540. The molecule has 0 fully saturated rings. The zero-order chi connectivity index (χ0) is 8.97. The van der Waals surface area contributed by atoms with Crippen molar-refractivity contribution in [2.45, 2.75) is 32.9 Å². The van der Waals surface area contributed by atoms with Gasteiger partial charge >= 0.3 is 0 Å². The van der Waals surface area contributed by atoms with Gasteiger partial charge in [-0.25, -0.2) is 4.98 Å². The lowest BCUT2D eigenvalue weighted by atomic mass is 10.4. The molecule has 1 atom stereocenters. The van der Waals surface area contributed by atoms with Crippen LogP contribution in [-0.4, -0.2) is 16.7 Å². The third-order valence-corrected chi connectivity index (χ3v) is 2.04. The van der Waals surface area contributed by atoms with Crippen LogP contribution in [0.25, 0.3) is 0 Å². The summed E-state index contributed by atoms with van der Waals surface area (Å²) in [6.07, 6.45) is 4.59. The number of halogens is 1. The van der Waals surface area contributed by atoms with Gasteiger partial charge in [0, 0.05) is 19.5 Å². The number of rotatable bonds is 4. The lowest BCUT2D eigenvalue weighted by Gasteiger charge is -2.16. The maximum absolute atomic E-state index is 5.69. The van der Waals surface area contributed by atoms with Gasteiger partial charge in [0.15, 0.2) is 0 Å². The molecule has 4 heteroatoms. The van der Waals surface area contributed by atoms with Crippen molar-refractivity contribution in [2.75, 3.05) is 7.11 Å². The van der Waals surface area contributed by atoms with Gasteiger partial charge in [0.2, 0.25) is 0 Å². The van der Waals surface area contributed by atoms with Crippen molar-refractivity contribution >= 4 is 11.6 Å². The average molecular weight is 205 g/mol. The van der Waals surface area contributed by atoms with E-state index in [1.54, 1.807) is 13.3 Å². The second-order valence-corrected chi connectivity index (χ2v) is 2.75. The lowest BCUT2D eigenvalue weighted by molar-refractivity contribution is 0.0392. The first kappa shape index (κ1) is 12.5. The largest absolute Gasteiger partial charge is 0.361 e. The molecule has 0 saturated carbocycles. The van der Waals surface area contributed by atoms with E-state index in [0.717, 1.165) is 12.2 Å². The molecule has 0 radical (unpaired) electrons. The summed E-state index contributed by atoms with van der Waals surface area (Å²) in [7, 11) is 1.69. The highest BCUT2D eigenvalue weighted by molar-refractivity contribution is 6.16. The summed E-state index contributed by atoms with van der Waals surface area (Å²) in [6, 6.07) is 0. The molecule has 0 saturated heterocycles. The van der Waals surface area contributed by atoms with Gasteiger partial charge in [-0.2, -0.15) is 0 Å². The van der Waals surface area contributed by atoms with Gasteiger partial charge in [-0.3, -0.25) is 0 Å². The highest BCUT2D eigenvalue weighted by Gasteiger charge is 2.09. The highest BCUT2D eigenvalue weighted by atomic mass is 35.5. The van der Waals surface area contributed by atoms with Crippen LogP contribution in [0.5, 0.6) is 0 Å². The summed E-state index contributed by atoms with van der Waals surface area (Å²) in [5.41, 5.74) is 0. The monoisotopic (exact) mass is 204 g/mol. The number of alkyl halides is 1. The molecular weight excluding hydrogens is 188 g/mol. The van der Waals surface area contributed by atoms with Crippen LogP contribution in [0.4, 0.5) is 0 Å². The predicted octanol–water partition coefficient (Wildman–Crippen LogP) is 2.81. The Morgan fingerprint density at radius 2 is 2.38 bits per heavy atom. The van der Waals surface area contributed by atoms with Crippen LogP contribution in [0.2, 0.25) is 0 Å². The maximum atomic E-state index is 5.69. The number of imidazole rings is 1. The molecule has 0 aliphatic rings. The minimum absolute atomic E-state index is 0. The smallest absolute Gasteiger partial charge is 0.134 e. The van der Waals surface area contributed by atoms with E-state index >= 15 is 0 Å². The average Bonchev–Trinajstić information content (AvgIpc) is 2.55. The first-order chi connectivity index (χ1) is 5.83. The quantitative estimate of drug-likeness (QED) is 0.706. The summed E-state index contributed by atoms with van der Waals surface area (Å²) >= 11 is 5.69. The van der Waals surface area contributed by atoms with Crippen molar-refractivity contribution < 1.29 is 4.74 Å². The van der Waals surface area contributed by atoms with Crippen molar-refractivity contribution in [3.05, 3.63) is 18.2 Å². The van der Waals surface area contributed by atoms with Gasteiger partial charge in [0.05, 0.1) is 5.88 Å². The van der Waals surface area contributed by atoms with Crippen molar-refractivity contribution in [3.63, 3.8) is 0 Å². The molecule has 0 spiro atoms. The highest BCUT2D eigenvalue weighted by Crippen LogP contribution is 2.14. The fourth-order valence-corrected chi connectivity index (χ4v) is 1.39. The van der Waals surface area contributed by atoms with E-state index in [-0.39, 0.29) is 13.7 Å². The van der Waals surface area contributed by atoms with E-state index in [2.05, 4.69) is 11.9 Å². The van der Waals surface area contributed by atoms with E-state index in [0.29, 0.717) is 5.88 Å². The number of aromatic nitrogens is 2. The van der Waals surface area contributed by atoms with Crippen LogP contribution in [0.3, 0.4) is 0 Å². The normalized spacial score (nSPS) is 12.2. The Morgan fingerprint density at radius 3 is 2.85 bits per heavy atom. The molecule has 0 aliphatic carbocycles. The van der Waals surface area contributed by atoms with E-state index in [4.69, 9.17) is 16.3 Å². The van der Waals surface area contributed by atoms with Crippen LogP contribution in [0, 0.1) is 0 Å². The lowest BCUT2D eigenvalue weighted by Crippen LogP contribution is -2.11. The molecule has 0 N–H and O–H groups in total. The number of hydrogen-bond acceptors (Lipinski definition) is 2. The molecule has 13 heavy (non-hydrogen) atoms. The molecule has 1 heterocycles. The van der Waals surface area contributed by atoms with Gasteiger partial charge < -0.3 is 9.30 Å². The molecule has 0 amide bonds. The first-order valence-corrected chi connectivity index (χ1v) is 4.47. The van der Waals surface area contributed by atoms with Crippen molar-refractivity contribution in [1.29, 1.82) is 0 Å². The summed E-state index contributed by atoms with van der Waals surface area (Å²) in [4.78, 5) is 4.10. The Labute approximate surface area is 84.7 Å². The van der Waals surface area contributed by atoms with Gasteiger partial charge in [-0.1, -0.05) is 14.4 Å². The minimum Gasteiger partial charge on any atom is -0.361 e. The second kappa shape index (κ2) is 6.00. The van der Waals surface area contributed by atoms with Crippen molar-refractivity contribution in [1.82, 2.24) is 9.55 Å². The standard InChI is InChI=1S/C8H13ClN2O.CH4/c1-3-8(12-2)11-5-4-10-7(11)6-9;/h4-5,8H,3,6H2,1-2H3;1H4. The number of nitrogens with zero attached hydrogens (tertiary/aromatic N) is 2. The van der Waals surface area contributed by atoms with E-state index in [9.17, 15) is 0 Å². The van der Waals surface area contributed by atoms with Gasteiger partial charge in [0.25, 0.3) is 0 Å². The molecule has 3 nitrogen and oxygen atoms in total. The van der Waals surface area contributed by atoms with Crippen LogP contribution in [0.15, 0.2) is 12.4 Å². The third-order valence-electron chi connectivity index (χ3n) is 1.80. The third kappa shape index (κ3) is 2.71. The second-order valence-electron chi connectivity index (χ2n) is 2.48. The minimum atomic E-state index is 0. The molecule has 1 aromatic rings. The number of ether oxygens (including phenoxy) is 1. The topological polar surface area (TPSA) is 27.1 Å². The van der Waals surface area contributed by atoms with Gasteiger partial charge in [-0.15, -0.1) is 11.6 Å². The van der Waals surface area contributed by atoms with Crippen LogP contribution < -0.4 is 0 Å². The Kier molecular flexibility index (Phi) is 5.75. The van der Waals surface area contributed by atoms with Crippen molar-refractivity contribution in [3.8, 4) is 0 Å². The zero-order valence-electron chi connectivity index (χ0n) is 7.33. The maximum Gasteiger partial charge on any atom is 0.134 e. The van der Waals surface area contributed by atoms with E-state index in [1.807, 2.05) is 10.8 Å². The SMILES string of the molecule is C.CCC(OC)n1ccnc1CCl. The number of hydrogen-bond donors (Lipinski definition) is 0. The molecular formula is C9H17ClN2O. The summed E-state index contributed by atoms with van der Waals surface area (Å²) < 4.78 is 7.20. The number of methoxy groups -OCH3 is 1. The Bertz CT molecular complexity index is 233. The van der Waals surface area contributed by atoms with Crippen LogP contribution >= 0.6 is 11.6 Å². The van der Waals surface area contributed by atoms with Crippen molar-refractivity contribution in [2.24, 2.45) is 0 Å². The zero-order valence-corrected chi connectivity index (χ0v) is 8.08. The Balaban J connectivity index is 0.00000144. The molecule has 0 bridgehead atoms. The first-order valence-electron chi connectivity index (χ1n) is 3.94.